The Balaban J connectivity index is 1.25. The van der Waals surface area contributed by atoms with Gasteiger partial charge in [0.15, 0.2) is 0 Å². The number of amides is 2. The molecule has 7 nitrogen and oxygen atoms in total. The number of rotatable bonds is 5. The van der Waals surface area contributed by atoms with Crippen LogP contribution in [0.4, 0.5) is 11.4 Å². The third-order valence-electron chi connectivity index (χ3n) is 6.19. The average molecular weight is 442 g/mol. The minimum absolute atomic E-state index is 0.0862. The Morgan fingerprint density at radius 2 is 1.76 bits per heavy atom. The molecule has 168 valence electrons. The molecule has 33 heavy (non-hydrogen) atoms. The Morgan fingerprint density at radius 3 is 2.55 bits per heavy atom. The molecule has 1 atom stereocenters. The highest BCUT2D eigenvalue weighted by Crippen LogP contribution is 2.28. The van der Waals surface area contributed by atoms with Crippen LogP contribution in [0.2, 0.25) is 0 Å². The quantitative estimate of drug-likeness (QED) is 0.635. The van der Waals surface area contributed by atoms with Gasteiger partial charge in [0.25, 0.3) is 11.8 Å². The summed E-state index contributed by atoms with van der Waals surface area (Å²) in [6.45, 7) is 1.85. The van der Waals surface area contributed by atoms with Gasteiger partial charge in [-0.25, -0.2) is 0 Å². The average Bonchev–Trinajstić information content (AvgIpc) is 3.32. The molecule has 1 aromatic heterocycles. The zero-order valence-corrected chi connectivity index (χ0v) is 18.4. The van der Waals surface area contributed by atoms with Crippen molar-refractivity contribution in [2.45, 2.75) is 31.8 Å². The number of aromatic nitrogens is 1. The predicted molar refractivity (Wildman–Crippen MR) is 128 cm³/mol. The molecule has 0 radical (unpaired) electrons. The second kappa shape index (κ2) is 9.32. The fraction of sp³-hybridized carbons (Fsp3) is 0.269. The van der Waals surface area contributed by atoms with E-state index in [1.807, 2.05) is 70.7 Å². The summed E-state index contributed by atoms with van der Waals surface area (Å²) in [5.41, 5.74) is 4.53. The lowest BCUT2D eigenvalue weighted by molar-refractivity contribution is -0.133. The maximum absolute atomic E-state index is 13.4. The highest BCUT2D eigenvalue weighted by Gasteiger charge is 2.34. The Kier molecular flexibility index (Phi) is 5.93. The van der Waals surface area contributed by atoms with Crippen molar-refractivity contribution in [2.24, 2.45) is 0 Å². The van der Waals surface area contributed by atoms with Crippen molar-refractivity contribution in [3.63, 3.8) is 0 Å². The van der Waals surface area contributed by atoms with Crippen molar-refractivity contribution >= 4 is 23.2 Å². The topological polar surface area (TPSA) is 77.6 Å². The highest BCUT2D eigenvalue weighted by atomic mass is 16.2. The number of hydrogen-bond acceptors (Lipinski definition) is 5. The molecular weight excluding hydrogens is 414 g/mol. The second-order valence-corrected chi connectivity index (χ2v) is 8.40. The van der Waals surface area contributed by atoms with Gasteiger partial charge in [-0.3, -0.25) is 24.6 Å². The Morgan fingerprint density at radius 1 is 0.970 bits per heavy atom. The van der Waals surface area contributed by atoms with Crippen molar-refractivity contribution in [1.82, 2.24) is 15.3 Å². The number of nitrogens with zero attached hydrogens (tertiary/aromatic N) is 3. The summed E-state index contributed by atoms with van der Waals surface area (Å²) in [5.74, 6) is -0.0604. The zero-order valence-electron chi connectivity index (χ0n) is 18.4. The van der Waals surface area contributed by atoms with Crippen LogP contribution in [-0.4, -0.2) is 40.9 Å². The van der Waals surface area contributed by atoms with E-state index in [0.717, 1.165) is 36.5 Å². The van der Waals surface area contributed by atoms with Gasteiger partial charge in [-0.05, 0) is 60.9 Å². The third kappa shape index (κ3) is 4.53. The lowest BCUT2D eigenvalue weighted by Crippen LogP contribution is -2.55. The molecule has 1 unspecified atom stereocenters. The molecule has 5 rings (SSSR count). The molecule has 1 saturated heterocycles. The molecular formula is C26H27N5O2. The molecule has 2 aromatic carbocycles. The van der Waals surface area contributed by atoms with Gasteiger partial charge in [-0.1, -0.05) is 24.3 Å². The first kappa shape index (κ1) is 21.0. The van der Waals surface area contributed by atoms with E-state index in [0.29, 0.717) is 25.1 Å². The summed E-state index contributed by atoms with van der Waals surface area (Å²) >= 11 is 0. The first-order valence-corrected chi connectivity index (χ1v) is 11.4. The van der Waals surface area contributed by atoms with Gasteiger partial charge < -0.3 is 10.6 Å². The number of anilines is 2. The van der Waals surface area contributed by atoms with Gasteiger partial charge in [0.1, 0.15) is 6.04 Å². The number of carbonyl (C=O) groups excluding carboxylic acids is 2. The van der Waals surface area contributed by atoms with Crippen LogP contribution in [0.25, 0.3) is 0 Å². The first-order chi connectivity index (χ1) is 16.2. The minimum atomic E-state index is -0.250. The number of hydrogen-bond donors (Lipinski definition) is 2. The van der Waals surface area contributed by atoms with Gasteiger partial charge >= 0.3 is 0 Å². The second-order valence-electron chi connectivity index (χ2n) is 8.40. The van der Waals surface area contributed by atoms with Crippen molar-refractivity contribution in [2.75, 3.05) is 23.4 Å². The predicted octanol–water partition coefficient (Wildman–Crippen LogP) is 3.39. The SMILES string of the molecule is O=C(NCc1ccccn1)c1ccc(N2CCCCN2C(=O)C2Cc3ccccc3N2)cc1. The fourth-order valence-electron chi connectivity index (χ4n) is 4.45. The van der Waals surface area contributed by atoms with Gasteiger partial charge in [0.2, 0.25) is 0 Å². The van der Waals surface area contributed by atoms with Crippen LogP contribution in [0.1, 0.15) is 34.5 Å². The number of nitrogens with one attached hydrogen (secondary N) is 2. The largest absolute Gasteiger partial charge is 0.373 e. The maximum atomic E-state index is 13.4. The molecule has 7 heteroatoms. The molecule has 0 aliphatic carbocycles. The molecule has 0 bridgehead atoms. The monoisotopic (exact) mass is 441 g/mol. The van der Waals surface area contributed by atoms with Crippen LogP contribution in [0.3, 0.4) is 0 Å². The molecule has 2 aliphatic rings. The van der Waals surface area contributed by atoms with E-state index < -0.39 is 0 Å². The summed E-state index contributed by atoms with van der Waals surface area (Å²) in [5, 5.41) is 10.2. The van der Waals surface area contributed by atoms with E-state index >= 15 is 0 Å². The zero-order chi connectivity index (χ0) is 22.6. The minimum Gasteiger partial charge on any atom is -0.373 e. The Labute approximate surface area is 193 Å². The smallest absolute Gasteiger partial charge is 0.263 e. The van der Waals surface area contributed by atoms with Crippen LogP contribution < -0.4 is 15.6 Å². The van der Waals surface area contributed by atoms with Crippen LogP contribution in [0.15, 0.2) is 72.9 Å². The number of benzene rings is 2. The number of fused-ring (bicyclic) bond motifs is 1. The van der Waals surface area contributed by atoms with Gasteiger partial charge in [-0.15, -0.1) is 0 Å². The van der Waals surface area contributed by atoms with Crippen LogP contribution in [0.5, 0.6) is 0 Å². The normalized spacial score (nSPS) is 17.3. The number of para-hydroxylation sites is 1. The summed E-state index contributed by atoms with van der Waals surface area (Å²) in [6.07, 6.45) is 4.42. The van der Waals surface area contributed by atoms with Crippen molar-refractivity contribution < 1.29 is 9.59 Å². The van der Waals surface area contributed by atoms with Crippen molar-refractivity contribution in [1.29, 1.82) is 0 Å². The van der Waals surface area contributed by atoms with Crippen LogP contribution in [0, 0.1) is 0 Å². The first-order valence-electron chi connectivity index (χ1n) is 11.4. The van der Waals surface area contributed by atoms with Gasteiger partial charge in [0, 0.05) is 37.0 Å². The standard InChI is InChI=1S/C26H27N5O2/c32-25(28-18-21-8-3-4-14-27-21)19-10-12-22(13-11-19)30-15-5-6-16-31(30)26(33)24-17-20-7-1-2-9-23(20)29-24/h1-4,7-14,24,29H,5-6,15-18H2,(H,28,32). The molecule has 3 heterocycles. The molecule has 0 spiro atoms. The van der Waals surface area contributed by atoms with Crippen LogP contribution in [-0.2, 0) is 17.8 Å². The van der Waals surface area contributed by atoms with Crippen LogP contribution >= 0.6 is 0 Å². The van der Waals surface area contributed by atoms with E-state index in [9.17, 15) is 9.59 Å². The van der Waals surface area contributed by atoms with E-state index in [1.54, 1.807) is 6.20 Å². The molecule has 1 fully saturated rings. The van der Waals surface area contributed by atoms with Crippen molar-refractivity contribution in [3.05, 3.63) is 89.7 Å². The number of pyridine rings is 1. The number of carbonyl (C=O) groups is 2. The lowest BCUT2D eigenvalue weighted by Gasteiger charge is -2.41. The van der Waals surface area contributed by atoms with E-state index in [2.05, 4.69) is 21.7 Å². The summed E-state index contributed by atoms with van der Waals surface area (Å²) in [4.78, 5) is 30.2. The summed E-state index contributed by atoms with van der Waals surface area (Å²) < 4.78 is 0. The molecule has 2 aliphatic heterocycles. The highest BCUT2D eigenvalue weighted by molar-refractivity contribution is 5.94. The Bertz CT molecular complexity index is 1110. The van der Waals surface area contributed by atoms with E-state index in [1.165, 1.54) is 5.56 Å². The number of hydrazine groups is 1. The molecule has 2 N–H and O–H groups in total. The van der Waals surface area contributed by atoms with Gasteiger partial charge in [0.05, 0.1) is 17.9 Å². The summed E-state index contributed by atoms with van der Waals surface area (Å²) in [7, 11) is 0. The summed E-state index contributed by atoms with van der Waals surface area (Å²) in [6, 6.07) is 20.9. The maximum Gasteiger partial charge on any atom is 0.263 e. The molecule has 3 aromatic rings. The fourth-order valence-corrected chi connectivity index (χ4v) is 4.45. The van der Waals surface area contributed by atoms with Gasteiger partial charge in [-0.2, -0.15) is 0 Å². The molecule has 0 saturated carbocycles. The molecule has 2 amide bonds. The lowest BCUT2D eigenvalue weighted by atomic mass is 10.1. The Hall–Kier alpha value is -3.87. The van der Waals surface area contributed by atoms with E-state index in [-0.39, 0.29) is 17.9 Å². The van der Waals surface area contributed by atoms with Crippen molar-refractivity contribution in [3.8, 4) is 0 Å². The van der Waals surface area contributed by atoms with E-state index in [4.69, 9.17) is 0 Å². The third-order valence-corrected chi connectivity index (χ3v) is 6.19.